The average Bonchev–Trinajstić information content (AvgIpc) is 2.18. The lowest BCUT2D eigenvalue weighted by molar-refractivity contribution is 0.552. The molecule has 1 rings (SSSR count). The molecule has 0 unspecified atom stereocenters. The predicted molar refractivity (Wildman–Crippen MR) is 51.8 cm³/mol. The van der Waals surface area contributed by atoms with Crippen LogP contribution in [-0.2, 0) is 10.2 Å². The molecule has 0 bridgehead atoms. The molecule has 0 aliphatic rings. The maximum atomic E-state index is 12.5. The van der Waals surface area contributed by atoms with Gasteiger partial charge in [-0.2, -0.15) is 13.7 Å². The Kier molecular flexibility index (Phi) is 3.43. The summed E-state index contributed by atoms with van der Waals surface area (Å²) in [5.74, 6) is 5.19. The summed E-state index contributed by atoms with van der Waals surface area (Å²) in [6, 6.07) is 6.88. The smallest absolute Gasteiger partial charge is 0.197 e. The van der Waals surface area contributed by atoms with Crippen molar-refractivity contribution in [3.8, 4) is 17.9 Å². The third kappa shape index (κ3) is 3.41. The van der Waals surface area contributed by atoms with Crippen molar-refractivity contribution >= 4 is 10.2 Å². The SMILES string of the molecule is N#CCC#Cc1ccc(S(=O)(=O)F)cc1. The summed E-state index contributed by atoms with van der Waals surface area (Å²) in [6.07, 6.45) is 0.100. The van der Waals surface area contributed by atoms with Gasteiger partial charge in [0.05, 0.1) is 17.4 Å². The molecule has 0 saturated carbocycles. The van der Waals surface area contributed by atoms with E-state index in [2.05, 4.69) is 11.8 Å². The molecule has 0 radical (unpaired) electrons. The van der Waals surface area contributed by atoms with Crippen LogP contribution >= 0.6 is 0 Å². The minimum atomic E-state index is -4.65. The minimum Gasteiger partial charge on any atom is -0.197 e. The molecule has 1 aromatic carbocycles. The van der Waals surface area contributed by atoms with Crippen molar-refractivity contribution in [3.05, 3.63) is 29.8 Å². The lowest BCUT2D eigenvalue weighted by Gasteiger charge is -1.93. The van der Waals surface area contributed by atoms with E-state index in [1.54, 1.807) is 0 Å². The fourth-order valence-electron chi connectivity index (χ4n) is 0.887. The molecule has 76 valence electrons. The predicted octanol–water partition coefficient (Wildman–Crippen LogP) is 1.61. The lowest BCUT2D eigenvalue weighted by atomic mass is 10.2. The Morgan fingerprint density at radius 1 is 1.27 bits per heavy atom. The molecular formula is C10H6FNO2S. The zero-order valence-corrected chi connectivity index (χ0v) is 8.38. The van der Waals surface area contributed by atoms with Gasteiger partial charge >= 0.3 is 10.2 Å². The third-order valence-corrected chi connectivity index (χ3v) is 2.37. The summed E-state index contributed by atoms with van der Waals surface area (Å²) >= 11 is 0. The van der Waals surface area contributed by atoms with Crippen LogP contribution in [0.3, 0.4) is 0 Å². The van der Waals surface area contributed by atoms with Gasteiger partial charge in [0.1, 0.15) is 0 Å². The number of hydrogen-bond donors (Lipinski definition) is 0. The topological polar surface area (TPSA) is 57.9 Å². The highest BCUT2D eigenvalue weighted by molar-refractivity contribution is 7.86. The summed E-state index contributed by atoms with van der Waals surface area (Å²) in [4.78, 5) is -0.395. The van der Waals surface area contributed by atoms with Gasteiger partial charge in [-0.05, 0) is 24.3 Å². The highest BCUT2D eigenvalue weighted by Gasteiger charge is 2.09. The van der Waals surface area contributed by atoms with E-state index in [9.17, 15) is 12.3 Å². The van der Waals surface area contributed by atoms with E-state index < -0.39 is 15.1 Å². The zero-order chi connectivity index (χ0) is 11.3. The van der Waals surface area contributed by atoms with E-state index in [1.807, 2.05) is 6.07 Å². The Morgan fingerprint density at radius 2 is 1.87 bits per heavy atom. The molecule has 0 N–H and O–H groups in total. The monoisotopic (exact) mass is 223 g/mol. The van der Waals surface area contributed by atoms with Gasteiger partial charge in [-0.3, -0.25) is 0 Å². The van der Waals surface area contributed by atoms with Crippen LogP contribution in [0.4, 0.5) is 3.89 Å². The molecule has 0 amide bonds. The second-order valence-corrected chi connectivity index (χ2v) is 3.95. The molecule has 3 nitrogen and oxygen atoms in total. The second-order valence-electron chi connectivity index (χ2n) is 2.60. The number of hydrogen-bond acceptors (Lipinski definition) is 3. The van der Waals surface area contributed by atoms with E-state index in [1.165, 1.54) is 12.1 Å². The zero-order valence-electron chi connectivity index (χ0n) is 7.57. The first-order chi connectivity index (χ1) is 7.04. The van der Waals surface area contributed by atoms with Crippen LogP contribution in [0.25, 0.3) is 0 Å². The van der Waals surface area contributed by atoms with Gasteiger partial charge in [-0.1, -0.05) is 11.8 Å². The molecule has 5 heteroatoms. The van der Waals surface area contributed by atoms with E-state index in [0.29, 0.717) is 5.56 Å². The van der Waals surface area contributed by atoms with Gasteiger partial charge < -0.3 is 0 Å². The van der Waals surface area contributed by atoms with E-state index in [4.69, 9.17) is 5.26 Å². The molecule has 1 aromatic rings. The van der Waals surface area contributed by atoms with Crippen LogP contribution in [-0.4, -0.2) is 8.42 Å². The molecule has 0 fully saturated rings. The quantitative estimate of drug-likeness (QED) is 0.536. The van der Waals surface area contributed by atoms with Crippen LogP contribution in [0.1, 0.15) is 12.0 Å². The Hall–Kier alpha value is -1.85. The molecule has 0 aliphatic carbocycles. The number of rotatable bonds is 1. The first-order valence-electron chi connectivity index (χ1n) is 3.94. The number of nitriles is 1. The van der Waals surface area contributed by atoms with E-state index >= 15 is 0 Å². The van der Waals surface area contributed by atoms with Crippen molar-refractivity contribution in [1.29, 1.82) is 5.26 Å². The summed E-state index contributed by atoms with van der Waals surface area (Å²) in [5, 5.41) is 8.21. The molecule has 0 aliphatic heterocycles. The van der Waals surface area contributed by atoms with Crippen molar-refractivity contribution < 1.29 is 12.3 Å². The average molecular weight is 223 g/mol. The summed E-state index contributed by atoms with van der Waals surface area (Å²) < 4.78 is 33.4. The summed E-state index contributed by atoms with van der Waals surface area (Å²) in [6.45, 7) is 0. The van der Waals surface area contributed by atoms with Gasteiger partial charge in [0.15, 0.2) is 0 Å². The van der Waals surface area contributed by atoms with Crippen LogP contribution < -0.4 is 0 Å². The molecule has 0 saturated heterocycles. The minimum absolute atomic E-state index is 0.100. The highest BCUT2D eigenvalue weighted by Crippen LogP contribution is 2.12. The van der Waals surface area contributed by atoms with Crippen molar-refractivity contribution in [2.75, 3.05) is 0 Å². The van der Waals surface area contributed by atoms with Crippen LogP contribution in [0.15, 0.2) is 29.2 Å². The fraction of sp³-hybridized carbons (Fsp3) is 0.100. The normalized spacial score (nSPS) is 9.87. The van der Waals surface area contributed by atoms with Crippen LogP contribution in [0.2, 0.25) is 0 Å². The van der Waals surface area contributed by atoms with Crippen molar-refractivity contribution in [2.24, 2.45) is 0 Å². The molecule has 0 atom stereocenters. The highest BCUT2D eigenvalue weighted by atomic mass is 32.3. The summed E-state index contributed by atoms with van der Waals surface area (Å²) in [5.41, 5.74) is 0.539. The Balaban J connectivity index is 2.94. The van der Waals surface area contributed by atoms with Crippen molar-refractivity contribution in [3.63, 3.8) is 0 Å². The Morgan fingerprint density at radius 3 is 2.33 bits per heavy atom. The number of halogens is 1. The Bertz CT molecular complexity index is 544. The second kappa shape index (κ2) is 4.59. The maximum Gasteiger partial charge on any atom is 0.332 e. The van der Waals surface area contributed by atoms with Gasteiger partial charge in [0, 0.05) is 5.56 Å². The third-order valence-electron chi connectivity index (χ3n) is 1.54. The lowest BCUT2D eigenvalue weighted by Crippen LogP contribution is -1.91. The first-order valence-corrected chi connectivity index (χ1v) is 5.33. The van der Waals surface area contributed by atoms with Gasteiger partial charge in [-0.15, -0.1) is 3.89 Å². The van der Waals surface area contributed by atoms with Gasteiger partial charge in [-0.25, -0.2) is 0 Å². The molecule has 15 heavy (non-hydrogen) atoms. The van der Waals surface area contributed by atoms with Crippen molar-refractivity contribution in [2.45, 2.75) is 11.3 Å². The van der Waals surface area contributed by atoms with Crippen LogP contribution in [0, 0.1) is 23.2 Å². The van der Waals surface area contributed by atoms with Crippen LogP contribution in [0.5, 0.6) is 0 Å². The molecule has 0 heterocycles. The first kappa shape index (κ1) is 11.2. The molecule has 0 spiro atoms. The standard InChI is InChI=1S/C10H6FNO2S/c11-15(13,14)10-6-4-9(5-7-10)3-1-2-8-12/h4-7H,2H2. The largest absolute Gasteiger partial charge is 0.332 e. The maximum absolute atomic E-state index is 12.5. The van der Waals surface area contributed by atoms with E-state index in [0.717, 1.165) is 12.1 Å². The molecule has 0 aromatic heterocycles. The van der Waals surface area contributed by atoms with E-state index in [-0.39, 0.29) is 6.42 Å². The number of nitrogens with zero attached hydrogens (tertiary/aromatic N) is 1. The summed E-state index contributed by atoms with van der Waals surface area (Å²) in [7, 11) is -4.65. The van der Waals surface area contributed by atoms with Crippen molar-refractivity contribution in [1.82, 2.24) is 0 Å². The fourth-order valence-corrected chi connectivity index (χ4v) is 1.35. The molecular weight excluding hydrogens is 217 g/mol. The van der Waals surface area contributed by atoms with Gasteiger partial charge in [0.2, 0.25) is 0 Å². The van der Waals surface area contributed by atoms with Gasteiger partial charge in [0.25, 0.3) is 0 Å². The number of benzene rings is 1. The Labute approximate surface area is 87.4 Å².